The summed E-state index contributed by atoms with van der Waals surface area (Å²) in [6, 6.07) is 5.00. The number of sulfone groups is 1. The van der Waals surface area contributed by atoms with Gasteiger partial charge in [-0.1, -0.05) is 22.0 Å². The highest BCUT2D eigenvalue weighted by atomic mass is 79.9. The van der Waals surface area contributed by atoms with Crippen LogP contribution >= 0.6 is 15.9 Å². The maximum atomic E-state index is 12.0. The molecule has 0 spiro atoms. The van der Waals surface area contributed by atoms with Gasteiger partial charge in [0, 0.05) is 22.3 Å². The number of aryl methyl sites for hydroxylation is 1. The fourth-order valence-electron chi connectivity index (χ4n) is 1.64. The molecular formula is C12H16BrNO3S. The predicted molar refractivity (Wildman–Crippen MR) is 75.5 cm³/mol. The normalized spacial score (nSPS) is 13.1. The van der Waals surface area contributed by atoms with Crippen LogP contribution < -0.4 is 5.32 Å². The zero-order valence-corrected chi connectivity index (χ0v) is 12.9. The van der Waals surface area contributed by atoms with Crippen LogP contribution in [-0.4, -0.2) is 32.4 Å². The Morgan fingerprint density at radius 2 is 2.06 bits per heavy atom. The molecule has 0 aliphatic carbocycles. The van der Waals surface area contributed by atoms with Gasteiger partial charge in [0.25, 0.3) is 5.91 Å². The lowest BCUT2D eigenvalue weighted by atomic mass is 10.1. The largest absolute Gasteiger partial charge is 0.349 e. The fraction of sp³-hybridized carbons (Fsp3) is 0.417. The second kappa shape index (κ2) is 5.84. The second-order valence-electron chi connectivity index (χ2n) is 4.43. The molecule has 0 bridgehead atoms. The van der Waals surface area contributed by atoms with Gasteiger partial charge in [0.1, 0.15) is 9.84 Å². The van der Waals surface area contributed by atoms with Crippen molar-refractivity contribution in [3.8, 4) is 0 Å². The number of amides is 1. The first-order chi connectivity index (χ1) is 8.19. The predicted octanol–water partition coefficient (Wildman–Crippen LogP) is 1.92. The first kappa shape index (κ1) is 15.2. The van der Waals surface area contributed by atoms with Crippen molar-refractivity contribution in [3.63, 3.8) is 0 Å². The van der Waals surface area contributed by atoms with Gasteiger partial charge >= 0.3 is 0 Å². The van der Waals surface area contributed by atoms with Gasteiger partial charge in [-0.2, -0.15) is 0 Å². The van der Waals surface area contributed by atoms with Gasteiger partial charge in [0.05, 0.1) is 5.75 Å². The summed E-state index contributed by atoms with van der Waals surface area (Å²) in [5.41, 5.74) is 1.40. The van der Waals surface area contributed by atoms with Crippen LogP contribution in [0.3, 0.4) is 0 Å². The minimum absolute atomic E-state index is 0.0637. The summed E-state index contributed by atoms with van der Waals surface area (Å²) in [5.74, 6) is -0.323. The van der Waals surface area contributed by atoms with Crippen LogP contribution in [0.2, 0.25) is 0 Å². The smallest absolute Gasteiger partial charge is 0.251 e. The lowest BCUT2D eigenvalue weighted by molar-refractivity contribution is 0.0943. The summed E-state index contributed by atoms with van der Waals surface area (Å²) < 4.78 is 23.1. The third kappa shape index (κ3) is 4.78. The average Bonchev–Trinajstić information content (AvgIpc) is 2.18. The highest BCUT2D eigenvalue weighted by molar-refractivity contribution is 9.10. The van der Waals surface area contributed by atoms with Crippen LogP contribution in [0.15, 0.2) is 22.7 Å². The Labute approximate surface area is 116 Å². The number of rotatable bonds is 4. The number of carbonyl (C=O) groups is 1. The number of benzene rings is 1. The van der Waals surface area contributed by atoms with E-state index < -0.39 is 15.9 Å². The topological polar surface area (TPSA) is 63.2 Å². The van der Waals surface area contributed by atoms with E-state index in [0.717, 1.165) is 16.3 Å². The van der Waals surface area contributed by atoms with Crippen molar-refractivity contribution in [2.24, 2.45) is 0 Å². The number of halogens is 1. The molecule has 1 amide bonds. The lowest BCUT2D eigenvalue weighted by Gasteiger charge is -2.14. The van der Waals surface area contributed by atoms with Crippen LogP contribution in [0, 0.1) is 6.92 Å². The van der Waals surface area contributed by atoms with E-state index in [1.54, 1.807) is 13.0 Å². The van der Waals surface area contributed by atoms with Gasteiger partial charge in [-0.25, -0.2) is 8.42 Å². The molecule has 0 aliphatic heterocycles. The van der Waals surface area contributed by atoms with Crippen LogP contribution in [0.4, 0.5) is 0 Å². The third-order valence-electron chi connectivity index (χ3n) is 2.37. The highest BCUT2D eigenvalue weighted by Crippen LogP contribution is 2.16. The molecule has 1 N–H and O–H groups in total. The molecule has 0 radical (unpaired) electrons. The molecule has 1 rings (SSSR count). The Kier molecular flexibility index (Phi) is 4.92. The van der Waals surface area contributed by atoms with E-state index >= 15 is 0 Å². The van der Waals surface area contributed by atoms with E-state index in [1.165, 1.54) is 0 Å². The van der Waals surface area contributed by atoms with Crippen LogP contribution in [0.25, 0.3) is 0 Å². The van der Waals surface area contributed by atoms with Gasteiger partial charge in [-0.3, -0.25) is 4.79 Å². The SMILES string of the molecule is Cc1ccc(Br)cc1C(=O)N[C@H](C)CS(C)(=O)=O. The zero-order chi connectivity index (χ0) is 13.9. The molecule has 0 unspecified atom stereocenters. The summed E-state index contributed by atoms with van der Waals surface area (Å²) in [4.78, 5) is 12.0. The van der Waals surface area contributed by atoms with Gasteiger partial charge in [0.2, 0.25) is 0 Å². The highest BCUT2D eigenvalue weighted by Gasteiger charge is 2.15. The molecule has 4 nitrogen and oxygen atoms in total. The summed E-state index contributed by atoms with van der Waals surface area (Å²) in [7, 11) is -3.09. The van der Waals surface area contributed by atoms with Crippen molar-refractivity contribution in [1.29, 1.82) is 0 Å². The van der Waals surface area contributed by atoms with Crippen molar-refractivity contribution in [3.05, 3.63) is 33.8 Å². The minimum Gasteiger partial charge on any atom is -0.349 e. The second-order valence-corrected chi connectivity index (χ2v) is 7.53. The van der Waals surface area contributed by atoms with Gasteiger partial charge in [-0.05, 0) is 31.5 Å². The molecule has 0 saturated heterocycles. The Hall–Kier alpha value is -0.880. The molecule has 0 aliphatic rings. The Bertz CT molecular complexity index is 554. The molecule has 0 fully saturated rings. The van der Waals surface area contributed by atoms with Crippen LogP contribution in [0.1, 0.15) is 22.8 Å². The first-order valence-corrected chi connectivity index (χ1v) is 8.29. The summed E-state index contributed by atoms with van der Waals surface area (Å²) >= 11 is 3.30. The van der Waals surface area contributed by atoms with Crippen molar-refractivity contribution in [1.82, 2.24) is 5.32 Å². The molecule has 18 heavy (non-hydrogen) atoms. The molecule has 0 saturated carbocycles. The van der Waals surface area contributed by atoms with Crippen molar-refractivity contribution in [2.45, 2.75) is 19.9 Å². The first-order valence-electron chi connectivity index (χ1n) is 5.44. The van der Waals surface area contributed by atoms with Crippen molar-refractivity contribution >= 4 is 31.7 Å². The Morgan fingerprint density at radius 1 is 1.44 bits per heavy atom. The van der Waals surface area contributed by atoms with E-state index in [0.29, 0.717) is 5.56 Å². The van der Waals surface area contributed by atoms with Crippen LogP contribution in [0.5, 0.6) is 0 Å². The number of nitrogens with one attached hydrogen (secondary N) is 1. The maximum absolute atomic E-state index is 12.0. The van der Waals surface area contributed by atoms with Crippen molar-refractivity contribution < 1.29 is 13.2 Å². The van der Waals surface area contributed by atoms with Gasteiger partial charge in [0.15, 0.2) is 0 Å². The molecule has 0 aromatic heterocycles. The van der Waals surface area contributed by atoms with Crippen molar-refractivity contribution in [2.75, 3.05) is 12.0 Å². The van der Waals surface area contributed by atoms with E-state index in [-0.39, 0.29) is 11.7 Å². The lowest BCUT2D eigenvalue weighted by Crippen LogP contribution is -2.37. The molecule has 0 heterocycles. The molecule has 100 valence electrons. The molecule has 1 atom stereocenters. The number of carbonyl (C=O) groups excluding carboxylic acids is 1. The van der Waals surface area contributed by atoms with E-state index in [9.17, 15) is 13.2 Å². The summed E-state index contributed by atoms with van der Waals surface area (Å²) in [5, 5.41) is 2.68. The number of hydrogen-bond acceptors (Lipinski definition) is 3. The molecule has 6 heteroatoms. The number of hydrogen-bond donors (Lipinski definition) is 1. The Balaban J connectivity index is 2.80. The zero-order valence-electron chi connectivity index (χ0n) is 10.5. The minimum atomic E-state index is -3.09. The fourth-order valence-corrected chi connectivity index (χ4v) is 2.99. The Morgan fingerprint density at radius 3 is 2.61 bits per heavy atom. The average molecular weight is 334 g/mol. The molecular weight excluding hydrogens is 318 g/mol. The monoisotopic (exact) mass is 333 g/mol. The molecule has 1 aromatic carbocycles. The van der Waals surface area contributed by atoms with Gasteiger partial charge < -0.3 is 5.32 Å². The van der Waals surface area contributed by atoms with Gasteiger partial charge in [-0.15, -0.1) is 0 Å². The quantitative estimate of drug-likeness (QED) is 0.915. The third-order valence-corrected chi connectivity index (χ3v) is 3.97. The van der Waals surface area contributed by atoms with E-state index in [1.807, 2.05) is 19.1 Å². The molecule has 1 aromatic rings. The summed E-state index contributed by atoms with van der Waals surface area (Å²) in [6.07, 6.45) is 1.15. The summed E-state index contributed by atoms with van der Waals surface area (Å²) in [6.45, 7) is 3.51. The van der Waals surface area contributed by atoms with E-state index in [2.05, 4.69) is 21.2 Å². The maximum Gasteiger partial charge on any atom is 0.251 e. The van der Waals surface area contributed by atoms with E-state index in [4.69, 9.17) is 0 Å². The standard InChI is InChI=1S/C12H16BrNO3S/c1-8-4-5-10(13)6-11(8)12(15)14-9(2)7-18(3,16)17/h4-6,9H,7H2,1-3H3,(H,14,15)/t9-/m1/s1. The van der Waals surface area contributed by atoms with Crippen LogP contribution in [-0.2, 0) is 9.84 Å².